The average Bonchev–Trinajstić information content (AvgIpc) is 2.39. The summed E-state index contributed by atoms with van der Waals surface area (Å²) in [5.41, 5.74) is 5.74. The third kappa shape index (κ3) is 2.72. The van der Waals surface area contributed by atoms with Crippen LogP contribution in [0.4, 0.5) is 20.2 Å². The molecular formula is C14H11ClF2N2O. The summed E-state index contributed by atoms with van der Waals surface area (Å²) in [6, 6.07) is 6.69. The number of aryl methyl sites for hydroxylation is 1. The number of carbonyl (C=O) groups is 1. The molecule has 104 valence electrons. The largest absolute Gasteiger partial charge is 0.398 e. The molecule has 0 fully saturated rings. The zero-order chi connectivity index (χ0) is 14.9. The molecule has 0 atom stereocenters. The van der Waals surface area contributed by atoms with E-state index < -0.39 is 23.1 Å². The zero-order valence-corrected chi connectivity index (χ0v) is 11.3. The number of carbonyl (C=O) groups excluding carboxylic acids is 1. The predicted molar refractivity (Wildman–Crippen MR) is 74.9 cm³/mol. The van der Waals surface area contributed by atoms with Crippen LogP contribution in [-0.4, -0.2) is 5.91 Å². The van der Waals surface area contributed by atoms with Gasteiger partial charge < -0.3 is 11.1 Å². The summed E-state index contributed by atoms with van der Waals surface area (Å²) < 4.78 is 27.4. The summed E-state index contributed by atoms with van der Waals surface area (Å²) >= 11 is 5.81. The quantitative estimate of drug-likeness (QED) is 0.829. The number of hydrogen-bond acceptors (Lipinski definition) is 2. The summed E-state index contributed by atoms with van der Waals surface area (Å²) in [7, 11) is 0. The SMILES string of the molecule is Cc1ccc(F)c(C(=O)Nc2ccc(N)c(Cl)c2)c1F. The van der Waals surface area contributed by atoms with Gasteiger partial charge in [0, 0.05) is 5.69 Å². The fourth-order valence-corrected chi connectivity index (χ4v) is 1.84. The van der Waals surface area contributed by atoms with Gasteiger partial charge in [-0.2, -0.15) is 0 Å². The van der Waals surface area contributed by atoms with Crippen LogP contribution in [-0.2, 0) is 0 Å². The van der Waals surface area contributed by atoms with E-state index >= 15 is 0 Å². The minimum absolute atomic E-state index is 0.187. The van der Waals surface area contributed by atoms with Gasteiger partial charge in [-0.05, 0) is 36.8 Å². The molecule has 3 nitrogen and oxygen atoms in total. The third-order valence-corrected chi connectivity index (χ3v) is 3.10. The Bertz CT molecular complexity index is 689. The lowest BCUT2D eigenvalue weighted by Crippen LogP contribution is -2.16. The highest BCUT2D eigenvalue weighted by Crippen LogP contribution is 2.24. The van der Waals surface area contributed by atoms with Crippen molar-refractivity contribution >= 4 is 28.9 Å². The summed E-state index contributed by atoms with van der Waals surface area (Å²) in [6.07, 6.45) is 0. The van der Waals surface area contributed by atoms with Crippen molar-refractivity contribution in [2.24, 2.45) is 0 Å². The van der Waals surface area contributed by atoms with Gasteiger partial charge in [0.1, 0.15) is 17.2 Å². The van der Waals surface area contributed by atoms with Gasteiger partial charge in [-0.15, -0.1) is 0 Å². The van der Waals surface area contributed by atoms with Crippen LogP contribution < -0.4 is 11.1 Å². The van der Waals surface area contributed by atoms with Gasteiger partial charge in [0.2, 0.25) is 0 Å². The Morgan fingerprint density at radius 1 is 1.25 bits per heavy atom. The van der Waals surface area contributed by atoms with Crippen molar-refractivity contribution in [1.29, 1.82) is 0 Å². The van der Waals surface area contributed by atoms with Gasteiger partial charge in [0.25, 0.3) is 5.91 Å². The number of amides is 1. The smallest absolute Gasteiger partial charge is 0.261 e. The molecule has 3 N–H and O–H groups in total. The Kier molecular flexibility index (Phi) is 3.90. The van der Waals surface area contributed by atoms with Crippen molar-refractivity contribution < 1.29 is 13.6 Å². The number of anilines is 2. The van der Waals surface area contributed by atoms with Crippen LogP contribution in [0.25, 0.3) is 0 Å². The van der Waals surface area contributed by atoms with Gasteiger partial charge in [0.05, 0.1) is 10.7 Å². The van der Waals surface area contributed by atoms with Crippen molar-refractivity contribution in [2.45, 2.75) is 6.92 Å². The fraction of sp³-hybridized carbons (Fsp3) is 0.0714. The van der Waals surface area contributed by atoms with Crippen LogP contribution in [0.1, 0.15) is 15.9 Å². The normalized spacial score (nSPS) is 10.4. The van der Waals surface area contributed by atoms with E-state index in [1.807, 2.05) is 0 Å². The van der Waals surface area contributed by atoms with E-state index in [1.54, 1.807) is 0 Å². The summed E-state index contributed by atoms with van der Waals surface area (Å²) in [4.78, 5) is 11.9. The first kappa shape index (κ1) is 14.3. The number of nitrogens with two attached hydrogens (primary N) is 1. The Morgan fingerprint density at radius 2 is 1.95 bits per heavy atom. The summed E-state index contributed by atoms with van der Waals surface area (Å²) in [5, 5.41) is 2.62. The molecule has 20 heavy (non-hydrogen) atoms. The van der Waals surface area contributed by atoms with Crippen LogP contribution in [0.5, 0.6) is 0 Å². The third-order valence-electron chi connectivity index (χ3n) is 2.77. The number of rotatable bonds is 2. The number of benzene rings is 2. The van der Waals surface area contributed by atoms with E-state index in [0.29, 0.717) is 11.4 Å². The first-order chi connectivity index (χ1) is 9.40. The summed E-state index contributed by atoms with van der Waals surface area (Å²) in [6.45, 7) is 1.45. The molecule has 0 saturated carbocycles. The van der Waals surface area contributed by atoms with Crippen molar-refractivity contribution in [3.8, 4) is 0 Å². The minimum atomic E-state index is -0.924. The van der Waals surface area contributed by atoms with Gasteiger partial charge >= 0.3 is 0 Å². The second kappa shape index (κ2) is 5.46. The predicted octanol–water partition coefficient (Wildman–Crippen LogP) is 3.76. The first-order valence-electron chi connectivity index (χ1n) is 5.71. The lowest BCUT2D eigenvalue weighted by molar-refractivity contribution is 0.101. The fourth-order valence-electron chi connectivity index (χ4n) is 1.66. The maximum absolute atomic E-state index is 13.8. The van der Waals surface area contributed by atoms with Crippen LogP contribution in [0.15, 0.2) is 30.3 Å². The maximum atomic E-state index is 13.8. The van der Waals surface area contributed by atoms with Crippen LogP contribution in [0.2, 0.25) is 5.02 Å². The highest BCUT2D eigenvalue weighted by atomic mass is 35.5. The number of nitrogen functional groups attached to an aromatic ring is 1. The monoisotopic (exact) mass is 296 g/mol. The lowest BCUT2D eigenvalue weighted by atomic mass is 10.1. The molecule has 0 heterocycles. The minimum Gasteiger partial charge on any atom is -0.398 e. The highest BCUT2D eigenvalue weighted by Gasteiger charge is 2.19. The molecule has 0 spiro atoms. The van der Waals surface area contributed by atoms with Crippen molar-refractivity contribution in [3.05, 3.63) is 58.1 Å². The first-order valence-corrected chi connectivity index (χ1v) is 6.09. The Morgan fingerprint density at radius 3 is 2.60 bits per heavy atom. The van der Waals surface area contributed by atoms with Crippen molar-refractivity contribution in [2.75, 3.05) is 11.1 Å². The molecule has 2 aromatic carbocycles. The average molecular weight is 297 g/mol. The molecule has 0 aliphatic rings. The van der Waals surface area contributed by atoms with Crippen molar-refractivity contribution in [3.63, 3.8) is 0 Å². The molecular weight excluding hydrogens is 286 g/mol. The van der Waals surface area contributed by atoms with Gasteiger partial charge in [-0.3, -0.25) is 4.79 Å². The maximum Gasteiger partial charge on any atom is 0.261 e. The molecule has 0 aromatic heterocycles. The topological polar surface area (TPSA) is 55.1 Å². The standard InChI is InChI=1S/C14H11ClF2N2O/c1-7-2-4-10(16)12(13(7)17)14(20)19-8-3-5-11(18)9(15)6-8/h2-6H,18H2,1H3,(H,19,20). The molecule has 0 aliphatic carbocycles. The van der Waals surface area contributed by atoms with Gasteiger partial charge in [0.15, 0.2) is 0 Å². The van der Waals surface area contributed by atoms with E-state index in [-0.39, 0.29) is 10.6 Å². The van der Waals surface area contributed by atoms with Gasteiger partial charge in [-0.1, -0.05) is 17.7 Å². The van der Waals surface area contributed by atoms with E-state index in [0.717, 1.165) is 6.07 Å². The molecule has 0 radical (unpaired) electrons. The molecule has 0 unspecified atom stereocenters. The second-order valence-electron chi connectivity index (χ2n) is 4.24. The van der Waals surface area contributed by atoms with E-state index in [4.69, 9.17) is 17.3 Å². The molecule has 0 aliphatic heterocycles. The second-order valence-corrected chi connectivity index (χ2v) is 4.65. The number of hydrogen-bond donors (Lipinski definition) is 2. The van der Waals surface area contributed by atoms with E-state index in [1.165, 1.54) is 31.2 Å². The Balaban J connectivity index is 2.33. The lowest BCUT2D eigenvalue weighted by Gasteiger charge is -2.09. The Hall–Kier alpha value is -2.14. The molecule has 1 amide bonds. The van der Waals surface area contributed by atoms with Crippen LogP contribution in [0, 0.1) is 18.6 Å². The Labute approximate surface area is 119 Å². The number of nitrogens with one attached hydrogen (secondary N) is 1. The van der Waals surface area contributed by atoms with Crippen LogP contribution in [0.3, 0.4) is 0 Å². The highest BCUT2D eigenvalue weighted by molar-refractivity contribution is 6.33. The van der Waals surface area contributed by atoms with E-state index in [2.05, 4.69) is 5.32 Å². The molecule has 0 bridgehead atoms. The number of halogens is 3. The zero-order valence-electron chi connectivity index (χ0n) is 10.5. The van der Waals surface area contributed by atoms with Crippen LogP contribution >= 0.6 is 11.6 Å². The van der Waals surface area contributed by atoms with E-state index in [9.17, 15) is 13.6 Å². The van der Waals surface area contributed by atoms with Crippen molar-refractivity contribution in [1.82, 2.24) is 0 Å². The summed E-state index contributed by atoms with van der Waals surface area (Å²) in [5.74, 6) is -2.69. The molecule has 2 aromatic rings. The molecule has 0 saturated heterocycles. The van der Waals surface area contributed by atoms with Gasteiger partial charge in [-0.25, -0.2) is 8.78 Å². The molecule has 6 heteroatoms. The molecule has 2 rings (SSSR count).